The molecule has 0 spiro atoms. The molecule has 0 bridgehead atoms. The largest absolute Gasteiger partial charge is 0.454 e. The quantitative estimate of drug-likeness (QED) is 0.884. The molecule has 2 atom stereocenters. The maximum Gasteiger partial charge on any atom is 0.231 e. The van der Waals surface area contributed by atoms with E-state index in [1.807, 2.05) is 36.4 Å². The van der Waals surface area contributed by atoms with Crippen molar-refractivity contribution in [3.63, 3.8) is 0 Å². The Morgan fingerprint density at radius 2 is 1.91 bits per heavy atom. The molecule has 0 saturated carbocycles. The molecule has 2 unspecified atom stereocenters. The predicted octanol–water partition coefficient (Wildman–Crippen LogP) is 2.58. The number of ether oxygens (including phenoxy) is 2. The summed E-state index contributed by atoms with van der Waals surface area (Å²) < 4.78 is 11.0. The molecule has 0 saturated heterocycles. The van der Waals surface area contributed by atoms with E-state index in [1.54, 1.807) is 0 Å². The molecule has 112 valence electrons. The first kappa shape index (κ1) is 13.3. The van der Waals surface area contributed by atoms with Crippen molar-refractivity contribution in [2.24, 2.45) is 0 Å². The Morgan fingerprint density at radius 3 is 2.68 bits per heavy atom. The zero-order chi connectivity index (χ0) is 14.9. The van der Waals surface area contributed by atoms with Crippen molar-refractivity contribution in [3.8, 4) is 11.5 Å². The predicted molar refractivity (Wildman–Crippen MR) is 82.3 cm³/mol. The van der Waals surface area contributed by atoms with Crippen molar-refractivity contribution in [3.05, 3.63) is 59.2 Å². The molecule has 4 nitrogen and oxygen atoms in total. The van der Waals surface area contributed by atoms with Gasteiger partial charge < -0.3 is 19.6 Å². The van der Waals surface area contributed by atoms with Gasteiger partial charge in [-0.25, -0.2) is 0 Å². The molecule has 2 aromatic carbocycles. The highest BCUT2D eigenvalue weighted by atomic mass is 16.7. The highest BCUT2D eigenvalue weighted by Gasteiger charge is 2.31. The Morgan fingerprint density at radius 1 is 1.14 bits per heavy atom. The first-order valence-electron chi connectivity index (χ1n) is 7.53. The summed E-state index contributed by atoms with van der Waals surface area (Å²) in [6.07, 6.45) is 1.97. The van der Waals surface area contributed by atoms with Gasteiger partial charge in [0.2, 0.25) is 6.79 Å². The Balaban J connectivity index is 1.77. The lowest BCUT2D eigenvalue weighted by Crippen LogP contribution is -2.34. The van der Waals surface area contributed by atoms with E-state index in [-0.39, 0.29) is 18.8 Å². The van der Waals surface area contributed by atoms with Gasteiger partial charge in [0.1, 0.15) is 6.29 Å². The minimum absolute atomic E-state index is 0.0295. The first-order valence-corrected chi connectivity index (χ1v) is 7.53. The van der Waals surface area contributed by atoms with Crippen molar-refractivity contribution in [1.29, 1.82) is 0 Å². The smallest absolute Gasteiger partial charge is 0.231 e. The van der Waals surface area contributed by atoms with Gasteiger partial charge in [-0.1, -0.05) is 30.3 Å². The molecule has 0 fully saturated rings. The van der Waals surface area contributed by atoms with Crippen LogP contribution in [-0.4, -0.2) is 19.6 Å². The van der Waals surface area contributed by atoms with Crippen LogP contribution in [0.4, 0.5) is 0 Å². The number of aldehydes is 1. The summed E-state index contributed by atoms with van der Waals surface area (Å²) in [7, 11) is 0. The van der Waals surface area contributed by atoms with Crippen LogP contribution in [0.3, 0.4) is 0 Å². The molecule has 0 aromatic heterocycles. The average molecular weight is 295 g/mol. The highest BCUT2D eigenvalue weighted by molar-refractivity contribution is 5.65. The maximum atomic E-state index is 11.8. The molecule has 1 N–H and O–H groups in total. The lowest BCUT2D eigenvalue weighted by Gasteiger charge is -2.31. The second-order valence-corrected chi connectivity index (χ2v) is 5.66. The highest BCUT2D eigenvalue weighted by Crippen LogP contribution is 2.41. The molecular weight excluding hydrogens is 278 g/mol. The van der Waals surface area contributed by atoms with E-state index in [0.29, 0.717) is 0 Å². The van der Waals surface area contributed by atoms with E-state index in [9.17, 15) is 4.79 Å². The van der Waals surface area contributed by atoms with Gasteiger partial charge in [-0.3, -0.25) is 0 Å². The molecule has 2 aliphatic rings. The van der Waals surface area contributed by atoms with Crippen LogP contribution in [0.1, 0.15) is 28.7 Å². The molecule has 4 rings (SSSR count). The topological polar surface area (TPSA) is 47.6 Å². The van der Waals surface area contributed by atoms with E-state index < -0.39 is 0 Å². The fourth-order valence-electron chi connectivity index (χ4n) is 3.32. The van der Waals surface area contributed by atoms with Gasteiger partial charge in [0.15, 0.2) is 11.5 Å². The van der Waals surface area contributed by atoms with Gasteiger partial charge in [-0.05, 0) is 41.8 Å². The second-order valence-electron chi connectivity index (χ2n) is 5.66. The average Bonchev–Trinajstić information content (AvgIpc) is 3.02. The lowest BCUT2D eigenvalue weighted by molar-refractivity contribution is -0.109. The summed E-state index contributed by atoms with van der Waals surface area (Å²) in [5.41, 5.74) is 3.40. The third-order valence-electron chi connectivity index (χ3n) is 4.42. The van der Waals surface area contributed by atoms with Crippen LogP contribution in [0.25, 0.3) is 0 Å². The Hall–Kier alpha value is -2.33. The van der Waals surface area contributed by atoms with Crippen molar-refractivity contribution < 1.29 is 14.3 Å². The van der Waals surface area contributed by atoms with Crippen LogP contribution >= 0.6 is 0 Å². The number of nitrogens with one attached hydrogen (secondary N) is 1. The van der Waals surface area contributed by atoms with Crippen LogP contribution in [0.5, 0.6) is 11.5 Å². The maximum absolute atomic E-state index is 11.8. The molecule has 0 amide bonds. The Labute approximate surface area is 129 Å². The van der Waals surface area contributed by atoms with Crippen LogP contribution in [0.15, 0.2) is 42.5 Å². The summed E-state index contributed by atoms with van der Waals surface area (Å²) in [5, 5.41) is 3.49. The minimum Gasteiger partial charge on any atom is -0.454 e. The van der Waals surface area contributed by atoms with Gasteiger partial charge >= 0.3 is 0 Å². The minimum atomic E-state index is -0.208. The molecule has 4 heteroatoms. The van der Waals surface area contributed by atoms with E-state index in [1.165, 1.54) is 5.56 Å². The molecule has 0 radical (unpaired) electrons. The number of carbonyl (C=O) groups excluding carboxylic acids is 1. The summed E-state index contributed by atoms with van der Waals surface area (Å²) in [4.78, 5) is 11.8. The molecule has 2 aromatic rings. The third kappa shape index (κ3) is 2.16. The van der Waals surface area contributed by atoms with Crippen LogP contribution < -0.4 is 14.8 Å². The van der Waals surface area contributed by atoms with Crippen molar-refractivity contribution in [1.82, 2.24) is 5.32 Å². The van der Waals surface area contributed by atoms with Gasteiger partial charge in [0, 0.05) is 6.04 Å². The van der Waals surface area contributed by atoms with Crippen molar-refractivity contribution in [2.75, 3.05) is 13.3 Å². The number of hydrogen-bond donors (Lipinski definition) is 1. The van der Waals surface area contributed by atoms with Gasteiger partial charge in [0.05, 0.1) is 5.92 Å². The normalized spacial score (nSPS) is 20.3. The Bertz CT molecular complexity index is 699. The van der Waals surface area contributed by atoms with E-state index in [0.717, 1.165) is 41.9 Å². The summed E-state index contributed by atoms with van der Waals surface area (Å²) in [6.45, 7) is 1.13. The fourth-order valence-corrected chi connectivity index (χ4v) is 3.32. The zero-order valence-corrected chi connectivity index (χ0v) is 12.1. The molecule has 0 aliphatic carbocycles. The van der Waals surface area contributed by atoms with Crippen molar-refractivity contribution >= 4 is 6.29 Å². The van der Waals surface area contributed by atoms with Crippen LogP contribution in [0, 0.1) is 0 Å². The number of rotatable bonds is 3. The number of carbonyl (C=O) groups is 1. The molecule has 2 heterocycles. The first-order chi connectivity index (χ1) is 10.9. The standard InChI is InChI=1S/C18H17NO3/c20-10-15(12-4-2-1-3-5-12)18-14-9-17-16(21-11-22-17)8-13(14)6-7-19-18/h1-5,8-10,15,18-19H,6-7,11H2. The van der Waals surface area contributed by atoms with E-state index in [2.05, 4.69) is 11.4 Å². The monoisotopic (exact) mass is 295 g/mol. The van der Waals surface area contributed by atoms with E-state index >= 15 is 0 Å². The zero-order valence-electron chi connectivity index (χ0n) is 12.1. The second kappa shape index (κ2) is 5.46. The van der Waals surface area contributed by atoms with Crippen molar-refractivity contribution in [2.45, 2.75) is 18.4 Å². The molecular formula is C18H17NO3. The summed E-state index contributed by atoms with van der Waals surface area (Å²) >= 11 is 0. The number of fused-ring (bicyclic) bond motifs is 2. The van der Waals surface area contributed by atoms with Gasteiger partial charge in [0.25, 0.3) is 0 Å². The molecule has 22 heavy (non-hydrogen) atoms. The number of hydrogen-bond acceptors (Lipinski definition) is 4. The Kier molecular flexibility index (Phi) is 3.31. The van der Waals surface area contributed by atoms with E-state index in [4.69, 9.17) is 9.47 Å². The third-order valence-corrected chi connectivity index (χ3v) is 4.42. The summed E-state index contributed by atoms with van der Waals surface area (Å²) in [6, 6.07) is 13.9. The summed E-state index contributed by atoms with van der Waals surface area (Å²) in [5.74, 6) is 1.37. The van der Waals surface area contributed by atoms with Gasteiger partial charge in [-0.2, -0.15) is 0 Å². The van der Waals surface area contributed by atoms with Crippen LogP contribution in [-0.2, 0) is 11.2 Å². The van der Waals surface area contributed by atoms with Gasteiger partial charge in [-0.15, -0.1) is 0 Å². The molecule has 2 aliphatic heterocycles. The number of benzene rings is 2. The SMILES string of the molecule is O=CC(c1ccccc1)C1NCCc2cc3c(cc21)OCO3. The lowest BCUT2D eigenvalue weighted by atomic mass is 9.83. The van der Waals surface area contributed by atoms with Crippen LogP contribution in [0.2, 0.25) is 0 Å². The fraction of sp³-hybridized carbons (Fsp3) is 0.278.